The molecule has 0 radical (unpaired) electrons. The van der Waals surface area contributed by atoms with E-state index in [0.29, 0.717) is 5.69 Å². The Labute approximate surface area is 162 Å². The first kappa shape index (κ1) is 19.3. The largest absolute Gasteiger partial charge is 0.494 e. The van der Waals surface area contributed by atoms with Crippen molar-refractivity contribution in [2.45, 2.75) is 20.3 Å². The normalized spacial score (nSPS) is 16.2. The summed E-state index contributed by atoms with van der Waals surface area (Å²) >= 11 is 0. The van der Waals surface area contributed by atoms with Crippen molar-refractivity contribution in [3.63, 3.8) is 0 Å². The highest BCUT2D eigenvalue weighted by atomic mass is 16.6. The molecule has 28 heavy (non-hydrogen) atoms. The monoisotopic (exact) mass is 383 g/mol. The lowest BCUT2D eigenvalue weighted by Crippen LogP contribution is -2.28. The van der Waals surface area contributed by atoms with Crippen LogP contribution in [0.5, 0.6) is 5.75 Å². The first-order valence-corrected chi connectivity index (χ1v) is 8.80. The van der Waals surface area contributed by atoms with Crippen molar-refractivity contribution in [3.8, 4) is 5.75 Å². The first-order chi connectivity index (χ1) is 13.3. The van der Waals surface area contributed by atoms with Gasteiger partial charge in [0.1, 0.15) is 5.75 Å². The van der Waals surface area contributed by atoms with E-state index < -0.39 is 10.8 Å². The minimum absolute atomic E-state index is 0.105. The molecule has 1 atom stereocenters. The van der Waals surface area contributed by atoms with Gasteiger partial charge in [0, 0.05) is 24.7 Å². The number of nitrogens with zero attached hydrogens (tertiary/aromatic N) is 2. The molecule has 2 amide bonds. The predicted molar refractivity (Wildman–Crippen MR) is 105 cm³/mol. The lowest BCUT2D eigenvalue weighted by Gasteiger charge is -2.18. The molecule has 0 spiro atoms. The maximum Gasteiger partial charge on any atom is 0.273 e. The van der Waals surface area contributed by atoms with Gasteiger partial charge in [0.25, 0.3) is 5.69 Å². The molecule has 0 aliphatic carbocycles. The number of amides is 2. The lowest BCUT2D eigenvalue weighted by atomic mass is 10.1. The molecule has 2 aromatic carbocycles. The molecular weight excluding hydrogens is 362 g/mol. The number of ether oxygens (including phenoxy) is 1. The Hall–Kier alpha value is -3.42. The first-order valence-electron chi connectivity index (χ1n) is 8.80. The summed E-state index contributed by atoms with van der Waals surface area (Å²) in [6.45, 7) is 4.20. The van der Waals surface area contributed by atoms with Crippen LogP contribution in [0.1, 0.15) is 17.5 Å². The van der Waals surface area contributed by atoms with E-state index in [1.54, 1.807) is 4.90 Å². The highest BCUT2D eigenvalue weighted by Gasteiger charge is 2.35. The van der Waals surface area contributed by atoms with Crippen LogP contribution < -0.4 is 15.0 Å². The minimum atomic E-state index is -0.536. The van der Waals surface area contributed by atoms with Crippen LogP contribution in [0.25, 0.3) is 0 Å². The van der Waals surface area contributed by atoms with Crippen molar-refractivity contribution >= 4 is 28.9 Å². The van der Waals surface area contributed by atoms with Gasteiger partial charge < -0.3 is 15.0 Å². The summed E-state index contributed by atoms with van der Waals surface area (Å²) in [5, 5.41) is 13.6. The molecule has 1 saturated heterocycles. The van der Waals surface area contributed by atoms with Gasteiger partial charge in [0.2, 0.25) is 11.8 Å². The number of hydrogen-bond donors (Lipinski definition) is 1. The van der Waals surface area contributed by atoms with Gasteiger partial charge >= 0.3 is 0 Å². The molecule has 0 saturated carbocycles. The summed E-state index contributed by atoms with van der Waals surface area (Å²) in [5.41, 5.74) is 3.07. The van der Waals surface area contributed by atoms with E-state index in [1.165, 1.54) is 25.3 Å². The van der Waals surface area contributed by atoms with Crippen LogP contribution in [-0.4, -0.2) is 30.4 Å². The third-order valence-electron chi connectivity index (χ3n) is 4.67. The van der Waals surface area contributed by atoms with E-state index >= 15 is 0 Å². The second-order valence-electron chi connectivity index (χ2n) is 6.88. The molecule has 1 fully saturated rings. The molecule has 1 heterocycles. The number of nitro groups is 1. The van der Waals surface area contributed by atoms with Crippen molar-refractivity contribution in [1.82, 2.24) is 0 Å². The number of methoxy groups -OCH3 is 1. The Morgan fingerprint density at radius 2 is 1.89 bits per heavy atom. The molecule has 3 rings (SSSR count). The van der Waals surface area contributed by atoms with Gasteiger partial charge in [0.05, 0.1) is 29.7 Å². The van der Waals surface area contributed by atoms with Gasteiger partial charge in [-0.1, -0.05) is 6.07 Å². The third-order valence-corrected chi connectivity index (χ3v) is 4.67. The Balaban J connectivity index is 1.75. The highest BCUT2D eigenvalue weighted by molar-refractivity contribution is 6.04. The average molecular weight is 383 g/mol. The van der Waals surface area contributed by atoms with Crippen molar-refractivity contribution in [2.24, 2.45) is 5.92 Å². The van der Waals surface area contributed by atoms with Gasteiger partial charge in [-0.3, -0.25) is 19.7 Å². The van der Waals surface area contributed by atoms with Crippen LogP contribution in [0.4, 0.5) is 17.1 Å². The van der Waals surface area contributed by atoms with Gasteiger partial charge in [-0.15, -0.1) is 0 Å². The molecule has 2 aromatic rings. The number of rotatable bonds is 5. The van der Waals surface area contributed by atoms with Crippen LogP contribution >= 0.6 is 0 Å². The maximum atomic E-state index is 12.7. The zero-order valence-corrected chi connectivity index (χ0v) is 15.9. The number of nitrogens with one attached hydrogen (secondary N) is 1. The minimum Gasteiger partial charge on any atom is -0.494 e. The van der Waals surface area contributed by atoms with Crippen LogP contribution in [-0.2, 0) is 9.59 Å². The average Bonchev–Trinajstić information content (AvgIpc) is 3.03. The number of non-ortho nitro benzene ring substituents is 1. The van der Waals surface area contributed by atoms with E-state index in [1.807, 2.05) is 32.0 Å². The molecule has 1 aliphatic rings. The van der Waals surface area contributed by atoms with E-state index in [-0.39, 0.29) is 36.2 Å². The summed E-state index contributed by atoms with van der Waals surface area (Å²) in [4.78, 5) is 37.1. The van der Waals surface area contributed by atoms with Crippen LogP contribution in [0.15, 0.2) is 36.4 Å². The fourth-order valence-corrected chi connectivity index (χ4v) is 3.37. The number of carbonyl (C=O) groups is 2. The van der Waals surface area contributed by atoms with Crippen LogP contribution in [0.2, 0.25) is 0 Å². The third kappa shape index (κ3) is 3.95. The zero-order chi connectivity index (χ0) is 20.4. The quantitative estimate of drug-likeness (QED) is 0.631. The van der Waals surface area contributed by atoms with Gasteiger partial charge in [-0.2, -0.15) is 0 Å². The second-order valence-corrected chi connectivity index (χ2v) is 6.88. The smallest absolute Gasteiger partial charge is 0.273 e. The fourth-order valence-electron chi connectivity index (χ4n) is 3.37. The summed E-state index contributed by atoms with van der Waals surface area (Å²) in [5.74, 6) is -0.764. The number of aryl methyl sites for hydroxylation is 2. The van der Waals surface area contributed by atoms with E-state index in [9.17, 15) is 19.7 Å². The predicted octanol–water partition coefficient (Wildman–Crippen LogP) is 3.21. The maximum absolute atomic E-state index is 12.7. The number of nitro benzene ring substituents is 1. The summed E-state index contributed by atoms with van der Waals surface area (Å²) in [6.07, 6.45) is 0.105. The number of benzene rings is 2. The Kier molecular flexibility index (Phi) is 5.30. The van der Waals surface area contributed by atoms with E-state index in [2.05, 4.69) is 5.32 Å². The fraction of sp³-hybridized carbons (Fsp3) is 0.300. The van der Waals surface area contributed by atoms with E-state index in [4.69, 9.17) is 4.74 Å². The molecule has 146 valence electrons. The van der Waals surface area contributed by atoms with Crippen LogP contribution in [0.3, 0.4) is 0 Å². The number of hydrogen-bond acceptors (Lipinski definition) is 5. The molecule has 1 unspecified atom stereocenters. The molecular formula is C20H21N3O5. The van der Waals surface area contributed by atoms with Crippen molar-refractivity contribution < 1.29 is 19.2 Å². The Bertz CT molecular complexity index is 937. The van der Waals surface area contributed by atoms with Crippen molar-refractivity contribution in [2.75, 3.05) is 23.9 Å². The van der Waals surface area contributed by atoms with Gasteiger partial charge in [0.15, 0.2) is 0 Å². The van der Waals surface area contributed by atoms with Gasteiger partial charge in [-0.05, 0) is 43.2 Å². The highest BCUT2D eigenvalue weighted by Crippen LogP contribution is 2.31. The molecule has 8 nitrogen and oxygen atoms in total. The topological polar surface area (TPSA) is 102 Å². The molecule has 0 bridgehead atoms. The zero-order valence-electron chi connectivity index (χ0n) is 15.9. The summed E-state index contributed by atoms with van der Waals surface area (Å²) in [6, 6.07) is 9.83. The Morgan fingerprint density at radius 1 is 1.21 bits per heavy atom. The second kappa shape index (κ2) is 7.67. The molecule has 0 aromatic heterocycles. The van der Waals surface area contributed by atoms with Gasteiger partial charge in [-0.25, -0.2) is 0 Å². The molecule has 1 aliphatic heterocycles. The lowest BCUT2D eigenvalue weighted by molar-refractivity contribution is -0.384. The van der Waals surface area contributed by atoms with Crippen molar-refractivity contribution in [3.05, 3.63) is 57.6 Å². The Morgan fingerprint density at radius 3 is 2.50 bits per heavy atom. The van der Waals surface area contributed by atoms with E-state index in [0.717, 1.165) is 16.8 Å². The summed E-state index contributed by atoms with van der Waals surface area (Å²) in [7, 11) is 1.37. The SMILES string of the molecule is COc1cc([N+](=O)[O-])ccc1NC(=O)C1CC(=O)N(c2cc(C)cc(C)c2)C1. The number of anilines is 2. The van der Waals surface area contributed by atoms with Crippen LogP contribution in [0, 0.1) is 29.9 Å². The molecule has 1 N–H and O–H groups in total. The summed E-state index contributed by atoms with van der Waals surface area (Å²) < 4.78 is 5.14. The molecule has 8 heteroatoms. The standard InChI is InChI=1S/C20H21N3O5/c1-12-6-13(2)8-16(7-12)22-11-14(9-19(22)24)20(25)21-17-5-4-15(23(26)27)10-18(17)28-3/h4-8,10,14H,9,11H2,1-3H3,(H,21,25). The number of carbonyl (C=O) groups excluding carboxylic acids is 2. The van der Waals surface area contributed by atoms with Crippen molar-refractivity contribution in [1.29, 1.82) is 0 Å².